The van der Waals surface area contributed by atoms with Crippen LogP contribution < -0.4 is 20.3 Å². The molecule has 6 nitrogen and oxygen atoms in total. The minimum Gasteiger partial charge on any atom is -0.493 e. The molecule has 8 heteroatoms. The molecular weight excluding hydrogens is 504 g/mol. The van der Waals surface area contributed by atoms with Gasteiger partial charge in [-0.1, -0.05) is 41.9 Å². The van der Waals surface area contributed by atoms with Crippen molar-refractivity contribution < 1.29 is 19.1 Å². The van der Waals surface area contributed by atoms with Crippen LogP contribution in [-0.2, 0) is 4.79 Å². The lowest BCUT2D eigenvalue weighted by atomic mass is 10.1. The van der Waals surface area contributed by atoms with E-state index in [2.05, 4.69) is 56.6 Å². The van der Waals surface area contributed by atoms with Gasteiger partial charge in [0.05, 0.1) is 16.6 Å². The molecule has 0 aliphatic heterocycles. The summed E-state index contributed by atoms with van der Waals surface area (Å²) in [6, 6.07) is 10.6. The van der Waals surface area contributed by atoms with Crippen LogP contribution in [0.3, 0.4) is 0 Å². The van der Waals surface area contributed by atoms with E-state index in [9.17, 15) is 9.59 Å². The van der Waals surface area contributed by atoms with Gasteiger partial charge in [-0.3, -0.25) is 20.4 Å². The third-order valence-electron chi connectivity index (χ3n) is 3.94. The number of carbonyl (C=O) groups is 2. The molecule has 2 amide bonds. The molecule has 0 heterocycles. The first-order chi connectivity index (χ1) is 13.8. The average molecular weight is 528 g/mol. The number of carbonyl (C=O) groups excluding carboxylic acids is 2. The summed E-state index contributed by atoms with van der Waals surface area (Å²) in [5, 5.41) is 0. The van der Waals surface area contributed by atoms with E-state index in [1.54, 1.807) is 24.3 Å². The number of halogens is 2. The maximum Gasteiger partial charge on any atom is 0.276 e. The summed E-state index contributed by atoms with van der Waals surface area (Å²) in [4.78, 5) is 24.5. The molecule has 2 aromatic rings. The monoisotopic (exact) mass is 526 g/mol. The van der Waals surface area contributed by atoms with Crippen LogP contribution in [0.15, 0.2) is 45.3 Å². The van der Waals surface area contributed by atoms with E-state index in [-0.39, 0.29) is 6.61 Å². The molecule has 0 aromatic heterocycles. The van der Waals surface area contributed by atoms with E-state index in [0.29, 0.717) is 29.6 Å². The van der Waals surface area contributed by atoms with Crippen molar-refractivity contribution in [1.29, 1.82) is 0 Å². The van der Waals surface area contributed by atoms with Gasteiger partial charge in [0.25, 0.3) is 11.8 Å². The van der Waals surface area contributed by atoms with Crippen molar-refractivity contribution in [2.75, 3.05) is 13.2 Å². The number of rotatable bonds is 8. The minimum atomic E-state index is -0.481. The molecule has 0 unspecified atom stereocenters. The highest BCUT2D eigenvalue weighted by Gasteiger charge is 2.14. The first-order valence-electron chi connectivity index (χ1n) is 9.17. The van der Waals surface area contributed by atoms with Gasteiger partial charge in [-0.05, 0) is 65.0 Å². The van der Waals surface area contributed by atoms with Crippen molar-refractivity contribution >= 4 is 43.7 Å². The number of benzene rings is 2. The predicted octanol–water partition coefficient (Wildman–Crippen LogP) is 4.78. The summed E-state index contributed by atoms with van der Waals surface area (Å²) in [5.74, 6) is 0.610. The Balaban J connectivity index is 1.88. The van der Waals surface area contributed by atoms with Gasteiger partial charge in [-0.25, -0.2) is 0 Å². The Morgan fingerprint density at radius 1 is 1.07 bits per heavy atom. The number of para-hydroxylation sites is 1. The van der Waals surface area contributed by atoms with Crippen molar-refractivity contribution in [3.63, 3.8) is 0 Å². The van der Waals surface area contributed by atoms with Crippen LogP contribution in [0.5, 0.6) is 11.5 Å². The standard InChI is InChI=1S/C21H24Br2N2O4/c1-13(2)8-9-28-18-7-5-4-6-16(18)21(27)25-24-19(26)12-29-20-14(3)10-15(22)11-17(20)23/h4-7,10-11,13H,8-9,12H2,1-3H3,(H,24,26)(H,25,27). The van der Waals surface area contributed by atoms with Crippen LogP contribution in [0.25, 0.3) is 0 Å². The molecule has 0 saturated heterocycles. The third kappa shape index (κ3) is 7.36. The van der Waals surface area contributed by atoms with Crippen molar-refractivity contribution in [3.8, 4) is 11.5 Å². The molecule has 29 heavy (non-hydrogen) atoms. The van der Waals surface area contributed by atoms with Crippen LogP contribution in [0, 0.1) is 12.8 Å². The van der Waals surface area contributed by atoms with Crippen molar-refractivity contribution in [1.82, 2.24) is 10.9 Å². The molecular formula is C21H24Br2N2O4. The molecule has 0 spiro atoms. The largest absolute Gasteiger partial charge is 0.493 e. The molecule has 2 N–H and O–H groups in total. The third-order valence-corrected chi connectivity index (χ3v) is 4.99. The maximum absolute atomic E-state index is 12.4. The molecule has 0 radical (unpaired) electrons. The number of hydrazine groups is 1. The summed E-state index contributed by atoms with van der Waals surface area (Å²) in [6.45, 7) is 6.36. The van der Waals surface area contributed by atoms with Crippen molar-refractivity contribution in [3.05, 3.63) is 56.5 Å². The van der Waals surface area contributed by atoms with Gasteiger partial charge in [0.15, 0.2) is 6.61 Å². The highest BCUT2D eigenvalue weighted by molar-refractivity contribution is 9.11. The fraction of sp³-hybridized carbons (Fsp3) is 0.333. The van der Waals surface area contributed by atoms with Gasteiger partial charge in [0, 0.05) is 4.47 Å². The highest BCUT2D eigenvalue weighted by Crippen LogP contribution is 2.32. The van der Waals surface area contributed by atoms with E-state index in [0.717, 1.165) is 20.9 Å². The Kier molecular flexibility index (Phi) is 8.98. The molecule has 2 aromatic carbocycles. The lowest BCUT2D eigenvalue weighted by Gasteiger charge is -2.14. The van der Waals surface area contributed by atoms with Gasteiger partial charge < -0.3 is 9.47 Å². The zero-order valence-corrected chi connectivity index (χ0v) is 19.7. The molecule has 156 valence electrons. The van der Waals surface area contributed by atoms with Gasteiger partial charge in [0.1, 0.15) is 11.5 Å². The normalized spacial score (nSPS) is 10.6. The maximum atomic E-state index is 12.4. The van der Waals surface area contributed by atoms with Gasteiger partial charge in [-0.15, -0.1) is 0 Å². The van der Waals surface area contributed by atoms with Crippen LogP contribution in [0.4, 0.5) is 0 Å². The summed E-state index contributed by atoms with van der Waals surface area (Å²) < 4.78 is 12.9. The highest BCUT2D eigenvalue weighted by atomic mass is 79.9. The average Bonchev–Trinajstić information content (AvgIpc) is 2.65. The fourth-order valence-electron chi connectivity index (χ4n) is 2.42. The number of ether oxygens (including phenoxy) is 2. The number of hydrogen-bond donors (Lipinski definition) is 2. The quantitative estimate of drug-likeness (QED) is 0.484. The first-order valence-corrected chi connectivity index (χ1v) is 10.8. The zero-order valence-electron chi connectivity index (χ0n) is 16.6. The summed E-state index contributed by atoms with van der Waals surface area (Å²) in [6.07, 6.45) is 0.884. The predicted molar refractivity (Wildman–Crippen MR) is 119 cm³/mol. The molecule has 2 rings (SSSR count). The molecule has 0 bridgehead atoms. The molecule has 0 aliphatic rings. The minimum absolute atomic E-state index is 0.242. The van der Waals surface area contributed by atoms with Crippen LogP contribution in [0.2, 0.25) is 0 Å². The van der Waals surface area contributed by atoms with Gasteiger partial charge in [-0.2, -0.15) is 0 Å². The first kappa shape index (κ1) is 23.2. The Bertz CT molecular complexity index is 849. The van der Waals surface area contributed by atoms with Crippen LogP contribution in [-0.4, -0.2) is 25.0 Å². The van der Waals surface area contributed by atoms with Gasteiger partial charge in [0.2, 0.25) is 0 Å². The van der Waals surface area contributed by atoms with Crippen molar-refractivity contribution in [2.45, 2.75) is 27.2 Å². The second kappa shape index (κ2) is 11.2. The Hall–Kier alpha value is -2.06. The fourth-order valence-corrected chi connectivity index (χ4v) is 3.98. The molecule has 0 saturated carbocycles. The number of aryl methyl sites for hydroxylation is 1. The smallest absolute Gasteiger partial charge is 0.276 e. The Morgan fingerprint density at radius 3 is 2.48 bits per heavy atom. The summed E-state index contributed by atoms with van der Waals surface area (Å²) in [7, 11) is 0. The SMILES string of the molecule is Cc1cc(Br)cc(Br)c1OCC(=O)NNC(=O)c1ccccc1OCCC(C)C. The molecule has 0 fully saturated rings. The number of nitrogens with one attached hydrogen (secondary N) is 2. The van der Waals surface area contributed by atoms with Gasteiger partial charge >= 0.3 is 0 Å². The van der Waals surface area contributed by atoms with E-state index < -0.39 is 11.8 Å². The van der Waals surface area contributed by atoms with E-state index >= 15 is 0 Å². The second-order valence-electron chi connectivity index (χ2n) is 6.85. The van der Waals surface area contributed by atoms with Crippen LogP contribution >= 0.6 is 31.9 Å². The van der Waals surface area contributed by atoms with E-state index in [1.807, 2.05) is 19.1 Å². The number of amides is 2. The van der Waals surface area contributed by atoms with Crippen LogP contribution in [0.1, 0.15) is 36.2 Å². The molecule has 0 atom stereocenters. The summed E-state index contributed by atoms with van der Waals surface area (Å²) >= 11 is 6.80. The van der Waals surface area contributed by atoms with E-state index in [1.165, 1.54) is 0 Å². The number of hydrogen-bond acceptors (Lipinski definition) is 4. The Morgan fingerprint density at radius 2 is 1.79 bits per heavy atom. The van der Waals surface area contributed by atoms with Crippen molar-refractivity contribution in [2.24, 2.45) is 5.92 Å². The zero-order chi connectivity index (χ0) is 21.4. The topological polar surface area (TPSA) is 76.7 Å². The summed E-state index contributed by atoms with van der Waals surface area (Å²) in [5.41, 5.74) is 5.98. The van der Waals surface area contributed by atoms with E-state index in [4.69, 9.17) is 9.47 Å². The molecule has 0 aliphatic carbocycles. The lowest BCUT2D eigenvalue weighted by Crippen LogP contribution is -2.44. The Labute approximate surface area is 187 Å². The second-order valence-corrected chi connectivity index (χ2v) is 8.62. The lowest BCUT2D eigenvalue weighted by molar-refractivity contribution is -0.123.